The van der Waals surface area contributed by atoms with Gasteiger partial charge in [-0.1, -0.05) is 18.2 Å². The van der Waals surface area contributed by atoms with Crippen molar-refractivity contribution in [2.75, 3.05) is 28.2 Å². The van der Waals surface area contributed by atoms with Crippen molar-refractivity contribution in [3.63, 3.8) is 0 Å². The van der Waals surface area contributed by atoms with Gasteiger partial charge in [0.25, 0.3) is 5.91 Å². The molecular formula is C21H22N4O5S. The van der Waals surface area contributed by atoms with Gasteiger partial charge in [0.2, 0.25) is 21.8 Å². The molecule has 2 N–H and O–H groups in total. The van der Waals surface area contributed by atoms with Gasteiger partial charge in [0.05, 0.1) is 17.1 Å². The first kappa shape index (κ1) is 20.9. The van der Waals surface area contributed by atoms with Crippen LogP contribution in [0.3, 0.4) is 0 Å². The minimum Gasteiger partial charge on any atom is -0.351 e. The molecule has 9 nitrogen and oxygen atoms in total. The number of anilines is 2. The molecule has 2 aliphatic heterocycles. The minimum absolute atomic E-state index is 0.0255. The largest absolute Gasteiger partial charge is 0.351 e. The Morgan fingerprint density at radius 3 is 2.52 bits per heavy atom. The summed E-state index contributed by atoms with van der Waals surface area (Å²) in [4.78, 5) is 35.8. The molecule has 2 aliphatic rings. The summed E-state index contributed by atoms with van der Waals surface area (Å²) in [7, 11) is -3.55. The van der Waals surface area contributed by atoms with Gasteiger partial charge in [0, 0.05) is 31.5 Å². The van der Waals surface area contributed by atoms with Crippen LogP contribution in [0.5, 0.6) is 0 Å². The number of nitrogens with one attached hydrogen (secondary N) is 2. The molecule has 0 unspecified atom stereocenters. The Hall–Kier alpha value is -3.40. The van der Waals surface area contributed by atoms with Crippen LogP contribution < -0.4 is 20.1 Å². The number of hydrogen-bond acceptors (Lipinski definition) is 5. The van der Waals surface area contributed by atoms with Crippen molar-refractivity contribution in [1.82, 2.24) is 10.7 Å². The lowest BCUT2D eigenvalue weighted by Crippen LogP contribution is -2.50. The van der Waals surface area contributed by atoms with Gasteiger partial charge in [-0.2, -0.15) is 0 Å². The molecule has 0 spiro atoms. The number of rotatable bonds is 6. The Labute approximate surface area is 180 Å². The molecule has 0 bridgehead atoms. The Morgan fingerprint density at radius 2 is 1.74 bits per heavy atom. The Kier molecular flexibility index (Phi) is 5.64. The molecule has 0 aromatic heterocycles. The summed E-state index contributed by atoms with van der Waals surface area (Å²) in [5.41, 5.74) is 4.96. The first-order valence-electron chi connectivity index (χ1n) is 9.94. The zero-order valence-electron chi connectivity index (χ0n) is 16.7. The van der Waals surface area contributed by atoms with E-state index in [-0.39, 0.29) is 37.0 Å². The highest BCUT2D eigenvalue weighted by atomic mass is 32.2. The molecule has 31 heavy (non-hydrogen) atoms. The molecule has 10 heteroatoms. The third kappa shape index (κ3) is 4.38. The van der Waals surface area contributed by atoms with Gasteiger partial charge in [-0.15, -0.1) is 0 Å². The van der Waals surface area contributed by atoms with Crippen molar-refractivity contribution in [1.29, 1.82) is 0 Å². The summed E-state index contributed by atoms with van der Waals surface area (Å²) in [5.74, 6) is -1.11. The number of hydrogen-bond donors (Lipinski definition) is 2. The van der Waals surface area contributed by atoms with E-state index in [0.29, 0.717) is 29.9 Å². The average Bonchev–Trinajstić information content (AvgIpc) is 3.20. The van der Waals surface area contributed by atoms with E-state index in [4.69, 9.17) is 0 Å². The van der Waals surface area contributed by atoms with E-state index < -0.39 is 15.9 Å². The van der Waals surface area contributed by atoms with Crippen molar-refractivity contribution in [2.24, 2.45) is 0 Å². The van der Waals surface area contributed by atoms with E-state index in [1.165, 1.54) is 16.4 Å². The highest BCUT2D eigenvalue weighted by Gasteiger charge is 2.29. The predicted octanol–water partition coefficient (Wildman–Crippen LogP) is 0.967. The standard InChI is InChI=1S/C21H22N4O5S/c26-19-9-10-20(27)25(23-19)17-7-5-16(6-8-17)21(28)22-12-14-31(29,30)24-13-11-15-3-1-2-4-18(15)24/h1-8H,9-14H2,(H,22,28)(H,23,26). The lowest BCUT2D eigenvalue weighted by Gasteiger charge is -2.27. The number of fused-ring (bicyclic) bond motifs is 1. The topological polar surface area (TPSA) is 116 Å². The smallest absolute Gasteiger partial charge is 0.251 e. The number of carbonyl (C=O) groups is 3. The van der Waals surface area contributed by atoms with E-state index in [1.807, 2.05) is 12.1 Å². The van der Waals surface area contributed by atoms with Crippen LogP contribution in [-0.2, 0) is 26.0 Å². The Morgan fingerprint density at radius 1 is 1.00 bits per heavy atom. The first-order chi connectivity index (χ1) is 14.8. The molecule has 1 saturated heterocycles. The number of sulfonamides is 1. The number of carbonyl (C=O) groups excluding carboxylic acids is 3. The number of benzene rings is 2. The van der Waals surface area contributed by atoms with Gasteiger partial charge in [0.1, 0.15) is 0 Å². The molecule has 2 aromatic rings. The van der Waals surface area contributed by atoms with Crippen molar-refractivity contribution in [3.05, 3.63) is 59.7 Å². The van der Waals surface area contributed by atoms with Crippen LogP contribution in [0.25, 0.3) is 0 Å². The number of hydrazine groups is 1. The molecule has 0 saturated carbocycles. The third-order valence-electron chi connectivity index (χ3n) is 5.27. The van der Waals surface area contributed by atoms with Crippen LogP contribution in [0.1, 0.15) is 28.8 Å². The lowest BCUT2D eigenvalue weighted by molar-refractivity contribution is -0.130. The fourth-order valence-corrected chi connectivity index (χ4v) is 5.08. The molecule has 2 heterocycles. The monoisotopic (exact) mass is 442 g/mol. The molecule has 0 radical (unpaired) electrons. The van der Waals surface area contributed by atoms with Crippen LogP contribution in [-0.4, -0.2) is 45.0 Å². The maximum Gasteiger partial charge on any atom is 0.251 e. The molecule has 162 valence electrons. The van der Waals surface area contributed by atoms with E-state index in [9.17, 15) is 22.8 Å². The summed E-state index contributed by atoms with van der Waals surface area (Å²) in [6, 6.07) is 13.5. The highest BCUT2D eigenvalue weighted by Crippen LogP contribution is 2.29. The second-order valence-corrected chi connectivity index (χ2v) is 9.35. The predicted molar refractivity (Wildman–Crippen MR) is 115 cm³/mol. The van der Waals surface area contributed by atoms with Crippen LogP contribution in [0.2, 0.25) is 0 Å². The summed E-state index contributed by atoms with van der Waals surface area (Å²) >= 11 is 0. The maximum atomic E-state index is 12.7. The van der Waals surface area contributed by atoms with Crippen LogP contribution in [0.15, 0.2) is 48.5 Å². The van der Waals surface area contributed by atoms with Crippen molar-refractivity contribution in [2.45, 2.75) is 19.3 Å². The van der Waals surface area contributed by atoms with Crippen LogP contribution in [0, 0.1) is 0 Å². The van der Waals surface area contributed by atoms with Crippen molar-refractivity contribution >= 4 is 39.1 Å². The number of nitrogens with zero attached hydrogens (tertiary/aromatic N) is 2. The van der Waals surface area contributed by atoms with Gasteiger partial charge in [-0.3, -0.25) is 24.1 Å². The lowest BCUT2D eigenvalue weighted by atomic mass is 10.1. The van der Waals surface area contributed by atoms with Crippen molar-refractivity contribution < 1.29 is 22.8 Å². The van der Waals surface area contributed by atoms with E-state index in [1.54, 1.807) is 24.3 Å². The highest BCUT2D eigenvalue weighted by molar-refractivity contribution is 7.92. The molecule has 2 aromatic carbocycles. The maximum absolute atomic E-state index is 12.7. The van der Waals surface area contributed by atoms with Gasteiger partial charge < -0.3 is 5.32 Å². The molecule has 0 aliphatic carbocycles. The summed E-state index contributed by atoms with van der Waals surface area (Å²) in [6.07, 6.45) is 0.958. The van der Waals surface area contributed by atoms with Crippen molar-refractivity contribution in [3.8, 4) is 0 Å². The SMILES string of the molecule is O=C1CCC(=O)N(c2ccc(C(=O)NCCS(=O)(=O)N3CCc4ccccc43)cc2)N1. The van der Waals surface area contributed by atoms with E-state index in [0.717, 1.165) is 10.6 Å². The number of para-hydroxylation sites is 1. The molecule has 4 rings (SSSR count). The summed E-state index contributed by atoms with van der Waals surface area (Å²) < 4.78 is 26.8. The van der Waals surface area contributed by atoms with Gasteiger partial charge >= 0.3 is 0 Å². The van der Waals surface area contributed by atoms with E-state index >= 15 is 0 Å². The van der Waals surface area contributed by atoms with E-state index in [2.05, 4.69) is 10.7 Å². The molecule has 0 atom stereocenters. The van der Waals surface area contributed by atoms with Gasteiger partial charge in [0.15, 0.2) is 0 Å². The number of amides is 3. The minimum atomic E-state index is -3.55. The van der Waals surface area contributed by atoms with Gasteiger partial charge in [-0.05, 0) is 42.3 Å². The summed E-state index contributed by atoms with van der Waals surface area (Å²) in [6.45, 7) is 0.380. The van der Waals surface area contributed by atoms with Crippen LogP contribution >= 0.6 is 0 Å². The normalized spacial score (nSPS) is 16.1. The third-order valence-corrected chi connectivity index (χ3v) is 7.04. The second kappa shape index (κ2) is 8.38. The van der Waals surface area contributed by atoms with Crippen LogP contribution in [0.4, 0.5) is 11.4 Å². The zero-order chi connectivity index (χ0) is 22.0. The Bertz CT molecular complexity index is 1130. The molecular weight excluding hydrogens is 420 g/mol. The Balaban J connectivity index is 1.34. The fraction of sp³-hybridized carbons (Fsp3) is 0.286. The average molecular weight is 442 g/mol. The first-order valence-corrected chi connectivity index (χ1v) is 11.5. The summed E-state index contributed by atoms with van der Waals surface area (Å²) in [5, 5.41) is 3.78. The van der Waals surface area contributed by atoms with Gasteiger partial charge in [-0.25, -0.2) is 13.4 Å². The molecule has 3 amide bonds. The zero-order valence-corrected chi connectivity index (χ0v) is 17.5. The quantitative estimate of drug-likeness (QED) is 0.692. The fourth-order valence-electron chi connectivity index (χ4n) is 3.65. The second-order valence-electron chi connectivity index (χ2n) is 7.33. The molecule has 1 fully saturated rings.